The van der Waals surface area contributed by atoms with Crippen molar-refractivity contribution in [1.29, 1.82) is 0 Å². The van der Waals surface area contributed by atoms with E-state index in [9.17, 15) is 14.4 Å². The average molecular weight is 260 g/mol. The number of hydrogen-bond donors (Lipinski definition) is 3. The van der Waals surface area contributed by atoms with Gasteiger partial charge in [0, 0.05) is 13.1 Å². The van der Waals surface area contributed by atoms with Crippen LogP contribution in [0.25, 0.3) is 0 Å². The topological polar surface area (TPSA) is 116 Å². The van der Waals surface area contributed by atoms with E-state index in [4.69, 9.17) is 10.2 Å². The van der Waals surface area contributed by atoms with Gasteiger partial charge in [0.25, 0.3) is 0 Å². The molecule has 1 fully saturated rings. The fourth-order valence-electron chi connectivity index (χ4n) is 1.73. The van der Waals surface area contributed by atoms with Crippen molar-refractivity contribution in [2.45, 2.75) is 12.5 Å². The number of nitrogens with one attached hydrogen (secondary N) is 1. The highest BCUT2D eigenvalue weighted by Gasteiger charge is 2.33. The molecular formula is C10H16N2O6. The predicted molar refractivity (Wildman–Crippen MR) is 58.7 cm³/mol. The second-order valence-corrected chi connectivity index (χ2v) is 3.98. The number of rotatable bonds is 4. The van der Waals surface area contributed by atoms with Crippen molar-refractivity contribution in [1.82, 2.24) is 10.2 Å². The van der Waals surface area contributed by atoms with Crippen molar-refractivity contribution in [3.05, 3.63) is 0 Å². The van der Waals surface area contributed by atoms with Gasteiger partial charge in [0.15, 0.2) is 6.04 Å². The molecule has 3 N–H and O–H groups in total. The van der Waals surface area contributed by atoms with Gasteiger partial charge in [-0.2, -0.15) is 0 Å². The highest BCUT2D eigenvalue weighted by atomic mass is 16.5. The van der Waals surface area contributed by atoms with Crippen LogP contribution in [0.15, 0.2) is 0 Å². The highest BCUT2D eigenvalue weighted by Crippen LogP contribution is 2.17. The quantitative estimate of drug-likeness (QED) is 0.537. The Bertz CT molecular complexity index is 345. The summed E-state index contributed by atoms with van der Waals surface area (Å²) in [5, 5.41) is 19.6. The lowest BCUT2D eigenvalue weighted by molar-refractivity contribution is -0.145. The molecule has 1 rings (SSSR count). The van der Waals surface area contributed by atoms with Crippen LogP contribution in [0.1, 0.15) is 6.42 Å². The second-order valence-electron chi connectivity index (χ2n) is 3.98. The first kappa shape index (κ1) is 14.2. The van der Waals surface area contributed by atoms with Crippen LogP contribution >= 0.6 is 0 Å². The van der Waals surface area contributed by atoms with Gasteiger partial charge in [-0.1, -0.05) is 0 Å². The summed E-state index contributed by atoms with van der Waals surface area (Å²) in [5.74, 6) is -2.07. The monoisotopic (exact) mass is 260 g/mol. The number of carboxylic acid groups (broad SMARTS) is 1. The maximum atomic E-state index is 11.7. The maximum Gasteiger partial charge on any atom is 0.328 e. The van der Waals surface area contributed by atoms with E-state index < -0.39 is 24.6 Å². The molecule has 18 heavy (non-hydrogen) atoms. The largest absolute Gasteiger partial charge is 0.480 e. The first-order valence-electron chi connectivity index (χ1n) is 5.46. The Kier molecular flexibility index (Phi) is 4.90. The van der Waals surface area contributed by atoms with Gasteiger partial charge in [-0.3, -0.25) is 4.79 Å². The molecule has 2 amide bonds. The van der Waals surface area contributed by atoms with Gasteiger partial charge in [-0.25, -0.2) is 9.59 Å². The van der Waals surface area contributed by atoms with Gasteiger partial charge < -0.3 is 25.2 Å². The van der Waals surface area contributed by atoms with Gasteiger partial charge in [-0.15, -0.1) is 0 Å². The first-order valence-corrected chi connectivity index (χ1v) is 5.46. The molecule has 0 aromatic carbocycles. The number of aliphatic hydroxyl groups excluding tert-OH is 1. The minimum Gasteiger partial charge on any atom is -0.480 e. The number of methoxy groups -OCH3 is 1. The molecule has 1 heterocycles. The lowest BCUT2D eigenvalue weighted by Gasteiger charge is -2.19. The molecule has 102 valence electrons. The minimum atomic E-state index is -1.34. The van der Waals surface area contributed by atoms with Crippen molar-refractivity contribution in [2.75, 3.05) is 26.8 Å². The molecule has 8 heteroatoms. The van der Waals surface area contributed by atoms with Crippen molar-refractivity contribution in [3.8, 4) is 0 Å². The summed E-state index contributed by atoms with van der Waals surface area (Å²) in [6.07, 6.45) is 0.483. The summed E-state index contributed by atoms with van der Waals surface area (Å²) < 4.78 is 4.57. The third-order valence-corrected chi connectivity index (χ3v) is 2.79. The fourth-order valence-corrected chi connectivity index (χ4v) is 1.73. The summed E-state index contributed by atoms with van der Waals surface area (Å²) >= 11 is 0. The molecule has 0 radical (unpaired) electrons. The Morgan fingerprint density at radius 2 is 2.17 bits per heavy atom. The molecule has 0 saturated carbocycles. The van der Waals surface area contributed by atoms with E-state index in [2.05, 4.69) is 10.1 Å². The van der Waals surface area contributed by atoms with E-state index in [1.54, 1.807) is 0 Å². The van der Waals surface area contributed by atoms with Crippen LogP contribution in [0.5, 0.6) is 0 Å². The minimum absolute atomic E-state index is 0.191. The smallest absolute Gasteiger partial charge is 0.328 e. The summed E-state index contributed by atoms with van der Waals surface area (Å²) in [6, 6.07) is -1.95. The molecule has 0 aromatic heterocycles. The lowest BCUT2D eigenvalue weighted by Crippen LogP contribution is -2.49. The van der Waals surface area contributed by atoms with E-state index in [0.29, 0.717) is 13.0 Å². The van der Waals surface area contributed by atoms with E-state index in [-0.39, 0.29) is 18.4 Å². The molecule has 1 aliphatic heterocycles. The number of amides is 2. The van der Waals surface area contributed by atoms with Crippen molar-refractivity contribution in [2.24, 2.45) is 5.92 Å². The van der Waals surface area contributed by atoms with Crippen LogP contribution in [0.3, 0.4) is 0 Å². The number of hydrogen-bond acceptors (Lipinski definition) is 5. The van der Waals surface area contributed by atoms with Crippen LogP contribution in [-0.4, -0.2) is 65.9 Å². The van der Waals surface area contributed by atoms with Gasteiger partial charge in [0.2, 0.25) is 0 Å². The molecule has 1 unspecified atom stereocenters. The zero-order valence-electron chi connectivity index (χ0n) is 9.96. The number of urea groups is 1. The number of carboxylic acids is 1. The molecule has 1 saturated heterocycles. The molecule has 0 bridgehead atoms. The third kappa shape index (κ3) is 3.33. The van der Waals surface area contributed by atoms with E-state index in [0.717, 1.165) is 0 Å². The number of aliphatic hydroxyl groups is 1. The van der Waals surface area contributed by atoms with E-state index in [1.165, 1.54) is 12.0 Å². The molecule has 8 nitrogen and oxygen atoms in total. The van der Waals surface area contributed by atoms with Crippen molar-refractivity contribution < 1.29 is 29.3 Å². The standard InChI is InChI=1S/C10H16N2O6/c1-18-9(16)6-2-3-12(4-6)10(17)11-7(5-13)8(14)15/h6-7,13H,2-5H2,1H3,(H,11,17)(H,14,15)/t6?,7-/m1/s1. The first-order chi connectivity index (χ1) is 8.49. The molecule has 1 aliphatic rings. The van der Waals surface area contributed by atoms with Gasteiger partial charge in [0.05, 0.1) is 19.6 Å². The van der Waals surface area contributed by atoms with Crippen molar-refractivity contribution in [3.63, 3.8) is 0 Å². The number of esters is 1. The Balaban J connectivity index is 2.49. The van der Waals surface area contributed by atoms with Crippen LogP contribution in [0, 0.1) is 5.92 Å². The SMILES string of the molecule is COC(=O)C1CCN(C(=O)N[C@H](CO)C(=O)O)C1. The van der Waals surface area contributed by atoms with Crippen molar-refractivity contribution >= 4 is 18.0 Å². The molecule has 0 spiro atoms. The number of likely N-dealkylation sites (tertiary alicyclic amines) is 1. The molecule has 0 aromatic rings. The number of carbonyl (C=O) groups is 3. The van der Waals surface area contributed by atoms with Crippen LogP contribution in [0.2, 0.25) is 0 Å². The fraction of sp³-hybridized carbons (Fsp3) is 0.700. The number of carbonyl (C=O) groups excluding carboxylic acids is 2. The molecule has 0 aliphatic carbocycles. The van der Waals surface area contributed by atoms with Gasteiger partial charge >= 0.3 is 18.0 Å². The summed E-state index contributed by atoms with van der Waals surface area (Å²) in [5.41, 5.74) is 0. The van der Waals surface area contributed by atoms with E-state index >= 15 is 0 Å². The zero-order chi connectivity index (χ0) is 13.7. The summed E-state index contributed by atoms with van der Waals surface area (Å²) in [7, 11) is 1.28. The zero-order valence-corrected chi connectivity index (χ0v) is 9.96. The third-order valence-electron chi connectivity index (χ3n) is 2.79. The molecule has 2 atom stereocenters. The summed E-state index contributed by atoms with van der Waals surface area (Å²) in [6.45, 7) is -0.144. The second kappa shape index (κ2) is 6.20. The van der Waals surface area contributed by atoms with E-state index in [1.807, 2.05) is 0 Å². The maximum absolute atomic E-state index is 11.7. The average Bonchev–Trinajstić information content (AvgIpc) is 2.83. The van der Waals surface area contributed by atoms with Gasteiger partial charge in [-0.05, 0) is 6.42 Å². The predicted octanol–water partition coefficient (Wildman–Crippen LogP) is -1.36. The summed E-state index contributed by atoms with van der Waals surface area (Å²) in [4.78, 5) is 34.9. The Labute approximate surface area is 104 Å². The lowest BCUT2D eigenvalue weighted by atomic mass is 10.1. The van der Waals surface area contributed by atoms with Crippen LogP contribution < -0.4 is 5.32 Å². The molecular weight excluding hydrogens is 244 g/mol. The Hall–Kier alpha value is -1.83. The number of nitrogens with zero attached hydrogens (tertiary/aromatic N) is 1. The van der Waals surface area contributed by atoms with Gasteiger partial charge in [0.1, 0.15) is 0 Å². The van der Waals surface area contributed by atoms with Crippen LogP contribution in [0.4, 0.5) is 4.79 Å². The number of aliphatic carboxylic acids is 1. The highest BCUT2D eigenvalue weighted by molar-refractivity contribution is 5.83. The normalized spacial score (nSPS) is 20.3. The van der Waals surface area contributed by atoms with Crippen LogP contribution in [-0.2, 0) is 14.3 Å². The Morgan fingerprint density at radius 1 is 1.50 bits per heavy atom. The Morgan fingerprint density at radius 3 is 2.67 bits per heavy atom. The number of ether oxygens (including phenoxy) is 1.